The lowest BCUT2D eigenvalue weighted by atomic mass is 9.95. The highest BCUT2D eigenvalue weighted by Crippen LogP contribution is 2.43. The molecule has 5 rings (SSSR count). The molecule has 0 amide bonds. The first-order valence-corrected chi connectivity index (χ1v) is 9.37. The van der Waals surface area contributed by atoms with Gasteiger partial charge in [-0.1, -0.05) is 84.9 Å². The van der Waals surface area contributed by atoms with Crippen molar-refractivity contribution < 1.29 is 0 Å². The molecule has 0 spiro atoms. The van der Waals surface area contributed by atoms with E-state index < -0.39 is 0 Å². The number of hydrogen-bond donors (Lipinski definition) is 0. The van der Waals surface area contributed by atoms with E-state index in [0.29, 0.717) is 0 Å². The van der Waals surface area contributed by atoms with E-state index in [1.165, 1.54) is 49.6 Å². The monoisotopic (exact) mass is 347 g/mol. The molecule has 4 aromatic carbocycles. The maximum absolute atomic E-state index is 2.36. The van der Waals surface area contributed by atoms with Crippen LogP contribution in [-0.2, 0) is 7.05 Å². The van der Waals surface area contributed by atoms with Crippen molar-refractivity contribution in [3.05, 3.63) is 96.6 Å². The van der Waals surface area contributed by atoms with Crippen molar-refractivity contribution in [2.75, 3.05) is 0 Å². The number of rotatable bonds is 2. The zero-order valence-corrected chi connectivity index (χ0v) is 15.6. The molecule has 0 radical (unpaired) electrons. The highest BCUT2D eigenvalue weighted by molar-refractivity contribution is 6.19. The van der Waals surface area contributed by atoms with Crippen LogP contribution in [0.3, 0.4) is 0 Å². The van der Waals surface area contributed by atoms with Crippen molar-refractivity contribution >= 4 is 21.5 Å². The van der Waals surface area contributed by atoms with Crippen LogP contribution in [0.2, 0.25) is 0 Å². The van der Waals surface area contributed by atoms with Gasteiger partial charge < -0.3 is 4.57 Å². The summed E-state index contributed by atoms with van der Waals surface area (Å²) in [5.41, 5.74) is 6.38. The van der Waals surface area contributed by atoms with Gasteiger partial charge in [0.05, 0.1) is 11.4 Å². The minimum absolute atomic E-state index is 1.25. The van der Waals surface area contributed by atoms with Crippen LogP contribution in [0, 0.1) is 6.92 Å². The summed E-state index contributed by atoms with van der Waals surface area (Å²) < 4.78 is 2.36. The average Bonchev–Trinajstić information content (AvgIpc) is 3.01. The molecule has 5 aromatic rings. The third-order valence-electron chi connectivity index (χ3n) is 5.51. The predicted molar refractivity (Wildman–Crippen MR) is 116 cm³/mol. The molecule has 0 saturated heterocycles. The van der Waals surface area contributed by atoms with E-state index in [1.807, 2.05) is 0 Å². The van der Waals surface area contributed by atoms with Gasteiger partial charge in [0.2, 0.25) is 0 Å². The Labute approximate surface area is 159 Å². The maximum atomic E-state index is 2.36. The molecular formula is C26H21N. The van der Waals surface area contributed by atoms with Gasteiger partial charge in [0.25, 0.3) is 0 Å². The van der Waals surface area contributed by atoms with Gasteiger partial charge >= 0.3 is 0 Å². The highest BCUT2D eigenvalue weighted by Gasteiger charge is 2.20. The Balaban J connectivity index is 2.02. The standard InChI is InChI=1S/C26H21N/c1-18-17-23-24(22-16-10-9-15-21(18)22)26(20-13-7-4-8-14-20)27(2)25(23)19-11-5-3-6-12-19/h3-17H,1-2H3. The number of aromatic nitrogens is 1. The van der Waals surface area contributed by atoms with Crippen molar-refractivity contribution in [2.45, 2.75) is 6.92 Å². The van der Waals surface area contributed by atoms with E-state index in [4.69, 9.17) is 0 Å². The third-order valence-corrected chi connectivity index (χ3v) is 5.51. The molecule has 0 bridgehead atoms. The molecule has 1 nitrogen and oxygen atoms in total. The van der Waals surface area contributed by atoms with E-state index in [1.54, 1.807) is 0 Å². The lowest BCUT2D eigenvalue weighted by Gasteiger charge is -2.09. The quantitative estimate of drug-likeness (QED) is 0.325. The van der Waals surface area contributed by atoms with E-state index in [-0.39, 0.29) is 0 Å². The second kappa shape index (κ2) is 6.14. The molecule has 0 aliphatic rings. The lowest BCUT2D eigenvalue weighted by Crippen LogP contribution is -1.94. The Morgan fingerprint density at radius 2 is 1.07 bits per heavy atom. The Morgan fingerprint density at radius 3 is 1.70 bits per heavy atom. The first-order valence-electron chi connectivity index (χ1n) is 9.37. The first-order chi connectivity index (χ1) is 13.3. The molecule has 27 heavy (non-hydrogen) atoms. The fraction of sp³-hybridized carbons (Fsp3) is 0.0769. The van der Waals surface area contributed by atoms with Crippen LogP contribution in [0.1, 0.15) is 5.56 Å². The van der Waals surface area contributed by atoms with E-state index >= 15 is 0 Å². The summed E-state index contributed by atoms with van der Waals surface area (Å²) in [6.45, 7) is 2.21. The highest BCUT2D eigenvalue weighted by atomic mass is 15.0. The van der Waals surface area contributed by atoms with Gasteiger partial charge in [0.1, 0.15) is 0 Å². The zero-order chi connectivity index (χ0) is 18.4. The van der Waals surface area contributed by atoms with Gasteiger partial charge in [-0.05, 0) is 40.5 Å². The zero-order valence-electron chi connectivity index (χ0n) is 15.6. The predicted octanol–water partition coefficient (Wildman–Crippen LogP) is 6.97. The minimum Gasteiger partial charge on any atom is -0.343 e. The molecule has 0 aliphatic carbocycles. The second-order valence-corrected chi connectivity index (χ2v) is 7.15. The largest absolute Gasteiger partial charge is 0.343 e. The van der Waals surface area contributed by atoms with Gasteiger partial charge in [-0.3, -0.25) is 0 Å². The molecule has 0 aliphatic heterocycles. The van der Waals surface area contributed by atoms with Crippen molar-refractivity contribution in [3.8, 4) is 22.5 Å². The summed E-state index contributed by atoms with van der Waals surface area (Å²) in [6.07, 6.45) is 0. The Morgan fingerprint density at radius 1 is 0.556 bits per heavy atom. The number of hydrogen-bond acceptors (Lipinski definition) is 0. The summed E-state index contributed by atoms with van der Waals surface area (Å²) >= 11 is 0. The Kier molecular flexibility index (Phi) is 3.61. The van der Waals surface area contributed by atoms with Gasteiger partial charge in [0.15, 0.2) is 0 Å². The van der Waals surface area contributed by atoms with E-state index in [0.717, 1.165) is 0 Å². The summed E-state index contributed by atoms with van der Waals surface area (Å²) in [7, 11) is 2.19. The molecule has 1 heteroatoms. The van der Waals surface area contributed by atoms with Crippen molar-refractivity contribution in [3.63, 3.8) is 0 Å². The number of nitrogens with zero attached hydrogens (tertiary/aromatic N) is 1. The minimum atomic E-state index is 1.25. The van der Waals surface area contributed by atoms with Crippen LogP contribution >= 0.6 is 0 Å². The second-order valence-electron chi connectivity index (χ2n) is 7.15. The topological polar surface area (TPSA) is 4.93 Å². The lowest BCUT2D eigenvalue weighted by molar-refractivity contribution is 0.951. The molecule has 0 saturated carbocycles. The molecule has 0 unspecified atom stereocenters. The Bertz CT molecular complexity index is 1260. The number of aryl methyl sites for hydroxylation is 1. The fourth-order valence-electron chi connectivity index (χ4n) is 4.34. The maximum Gasteiger partial charge on any atom is 0.0568 e. The van der Waals surface area contributed by atoms with Gasteiger partial charge in [-0.15, -0.1) is 0 Å². The van der Waals surface area contributed by atoms with Gasteiger partial charge in [0, 0.05) is 17.8 Å². The molecule has 0 fully saturated rings. The van der Waals surface area contributed by atoms with Crippen LogP contribution in [0.5, 0.6) is 0 Å². The van der Waals surface area contributed by atoms with Gasteiger partial charge in [-0.25, -0.2) is 0 Å². The van der Waals surface area contributed by atoms with E-state index in [2.05, 4.69) is 110 Å². The van der Waals surface area contributed by atoms with Crippen LogP contribution in [0.25, 0.3) is 44.1 Å². The van der Waals surface area contributed by atoms with Crippen molar-refractivity contribution in [1.29, 1.82) is 0 Å². The van der Waals surface area contributed by atoms with Crippen LogP contribution < -0.4 is 0 Å². The smallest absolute Gasteiger partial charge is 0.0568 e. The summed E-state index contributed by atoms with van der Waals surface area (Å²) in [6, 6.07) is 32.6. The van der Waals surface area contributed by atoms with Gasteiger partial charge in [-0.2, -0.15) is 0 Å². The number of benzene rings is 4. The first kappa shape index (κ1) is 15.9. The molecule has 1 heterocycles. The number of fused-ring (bicyclic) bond motifs is 3. The molecular weight excluding hydrogens is 326 g/mol. The molecule has 130 valence electrons. The third kappa shape index (κ3) is 2.39. The summed E-state index contributed by atoms with van der Waals surface area (Å²) in [5.74, 6) is 0. The van der Waals surface area contributed by atoms with E-state index in [9.17, 15) is 0 Å². The Hall–Kier alpha value is -3.32. The van der Waals surface area contributed by atoms with Crippen LogP contribution in [-0.4, -0.2) is 4.57 Å². The molecule has 0 atom stereocenters. The normalized spacial score (nSPS) is 11.3. The SMILES string of the molecule is Cc1cc2c(-c3ccccc3)n(C)c(-c3ccccc3)c2c2ccccc12. The van der Waals surface area contributed by atoms with Crippen molar-refractivity contribution in [2.24, 2.45) is 7.05 Å². The summed E-state index contributed by atoms with van der Waals surface area (Å²) in [4.78, 5) is 0. The average molecular weight is 347 g/mol. The van der Waals surface area contributed by atoms with Crippen molar-refractivity contribution in [1.82, 2.24) is 4.57 Å². The van der Waals surface area contributed by atoms with Crippen LogP contribution in [0.15, 0.2) is 91.0 Å². The fourth-order valence-corrected chi connectivity index (χ4v) is 4.34. The van der Waals surface area contributed by atoms with Crippen LogP contribution in [0.4, 0.5) is 0 Å². The summed E-state index contributed by atoms with van der Waals surface area (Å²) in [5, 5.41) is 5.30. The molecule has 0 N–H and O–H groups in total. The molecule has 1 aromatic heterocycles.